The average molecular weight is 287 g/mol. The Labute approximate surface area is 122 Å². The van der Waals surface area contributed by atoms with Gasteiger partial charge in [-0.3, -0.25) is 10.1 Å². The Balaban J connectivity index is 2.59. The Bertz CT molecular complexity index is 296. The van der Waals surface area contributed by atoms with Gasteiger partial charge in [-0.25, -0.2) is 0 Å². The molecule has 0 bridgehead atoms. The molecule has 0 aromatic rings. The van der Waals surface area contributed by atoms with Gasteiger partial charge in [0.2, 0.25) is 0 Å². The molecule has 0 heterocycles. The van der Waals surface area contributed by atoms with E-state index in [2.05, 4.69) is 19.2 Å². The van der Waals surface area contributed by atoms with Gasteiger partial charge < -0.3 is 14.2 Å². The number of esters is 1. The summed E-state index contributed by atoms with van der Waals surface area (Å²) in [5.41, 5.74) is -0.534. The van der Waals surface area contributed by atoms with Gasteiger partial charge in [-0.05, 0) is 39.0 Å². The van der Waals surface area contributed by atoms with E-state index >= 15 is 0 Å². The van der Waals surface area contributed by atoms with E-state index in [1.807, 2.05) is 0 Å². The summed E-state index contributed by atoms with van der Waals surface area (Å²) in [5, 5.41) is 3.45. The van der Waals surface area contributed by atoms with Gasteiger partial charge in [-0.15, -0.1) is 0 Å². The van der Waals surface area contributed by atoms with Crippen LogP contribution in [0.15, 0.2) is 0 Å². The molecule has 0 radical (unpaired) electrons. The molecule has 1 rings (SSSR count). The third-order valence-electron chi connectivity index (χ3n) is 3.96. The van der Waals surface area contributed by atoms with Crippen LogP contribution in [0.3, 0.4) is 0 Å². The zero-order valence-corrected chi connectivity index (χ0v) is 13.2. The van der Waals surface area contributed by atoms with E-state index in [1.165, 1.54) is 7.11 Å². The van der Waals surface area contributed by atoms with Crippen LogP contribution < -0.4 is 5.32 Å². The van der Waals surface area contributed by atoms with E-state index < -0.39 is 5.54 Å². The van der Waals surface area contributed by atoms with Crippen molar-refractivity contribution in [2.24, 2.45) is 5.92 Å². The van der Waals surface area contributed by atoms with Crippen LogP contribution in [-0.4, -0.2) is 51.6 Å². The summed E-state index contributed by atoms with van der Waals surface area (Å²) in [6, 6.07) is 0.254. The number of carbonyl (C=O) groups is 1. The maximum Gasteiger partial charge on any atom is 0.326 e. The largest absolute Gasteiger partial charge is 0.468 e. The normalized spacial score (nSPS) is 26.1. The highest BCUT2D eigenvalue weighted by Crippen LogP contribution is 2.39. The molecule has 0 amide bonds. The molecule has 0 aromatic heterocycles. The Morgan fingerprint density at radius 2 is 2.05 bits per heavy atom. The van der Waals surface area contributed by atoms with Gasteiger partial charge in [0.05, 0.1) is 20.3 Å². The topological polar surface area (TPSA) is 56.8 Å². The lowest BCUT2D eigenvalue weighted by Crippen LogP contribution is -2.57. The van der Waals surface area contributed by atoms with Crippen LogP contribution in [-0.2, 0) is 19.0 Å². The second-order valence-corrected chi connectivity index (χ2v) is 5.74. The van der Waals surface area contributed by atoms with Crippen molar-refractivity contribution in [3.05, 3.63) is 0 Å². The van der Waals surface area contributed by atoms with E-state index in [0.717, 1.165) is 25.7 Å². The number of hydrogen-bond donors (Lipinski definition) is 1. The molecule has 1 aliphatic carbocycles. The number of ether oxygens (including phenoxy) is 3. The molecule has 5 nitrogen and oxygen atoms in total. The predicted molar refractivity (Wildman–Crippen MR) is 77.7 cm³/mol. The van der Waals surface area contributed by atoms with Crippen LogP contribution >= 0.6 is 0 Å². The number of rotatable bonds is 9. The summed E-state index contributed by atoms with van der Waals surface area (Å²) < 4.78 is 15.5. The molecule has 0 spiro atoms. The summed E-state index contributed by atoms with van der Waals surface area (Å²) in [7, 11) is 3.13. The minimum absolute atomic E-state index is 0.134. The van der Waals surface area contributed by atoms with E-state index in [4.69, 9.17) is 14.2 Å². The van der Waals surface area contributed by atoms with Crippen molar-refractivity contribution >= 4 is 5.97 Å². The maximum absolute atomic E-state index is 12.3. The number of methoxy groups -OCH3 is 2. The smallest absolute Gasteiger partial charge is 0.326 e. The molecule has 1 N–H and O–H groups in total. The Morgan fingerprint density at radius 3 is 2.65 bits per heavy atom. The first kappa shape index (κ1) is 17.4. The van der Waals surface area contributed by atoms with E-state index in [1.54, 1.807) is 7.11 Å². The fourth-order valence-corrected chi connectivity index (χ4v) is 3.15. The summed E-state index contributed by atoms with van der Waals surface area (Å²) in [6.07, 6.45) is 3.82. The third kappa shape index (κ3) is 4.43. The van der Waals surface area contributed by atoms with Crippen molar-refractivity contribution < 1.29 is 19.0 Å². The van der Waals surface area contributed by atoms with Crippen molar-refractivity contribution in [2.45, 2.75) is 51.1 Å². The fourth-order valence-electron chi connectivity index (χ4n) is 3.15. The second kappa shape index (κ2) is 8.60. The molecular weight excluding hydrogens is 258 g/mol. The van der Waals surface area contributed by atoms with Gasteiger partial charge in [0, 0.05) is 19.8 Å². The minimum Gasteiger partial charge on any atom is -0.468 e. The molecule has 0 aromatic carbocycles. The number of hydrogen-bond acceptors (Lipinski definition) is 5. The zero-order chi connectivity index (χ0) is 15.0. The molecule has 1 aliphatic rings. The Morgan fingerprint density at radius 1 is 1.30 bits per heavy atom. The van der Waals surface area contributed by atoms with Crippen molar-refractivity contribution in [2.75, 3.05) is 34.0 Å². The standard InChI is InChI=1S/C15H29NO4/c1-12(2)16-15(14(17)19-4)8-5-6-13(15)7-9-20-11-10-18-3/h12-13,16H,5-11H2,1-4H3. The highest BCUT2D eigenvalue weighted by Gasteiger charge is 2.49. The molecule has 1 saturated carbocycles. The first-order chi connectivity index (χ1) is 9.56. The van der Waals surface area contributed by atoms with Gasteiger partial charge in [0.15, 0.2) is 0 Å². The highest BCUT2D eigenvalue weighted by molar-refractivity contribution is 5.81. The first-order valence-electron chi connectivity index (χ1n) is 7.49. The minimum atomic E-state index is -0.534. The van der Waals surface area contributed by atoms with Crippen molar-refractivity contribution in [1.82, 2.24) is 5.32 Å². The Kier molecular flexibility index (Phi) is 7.48. The maximum atomic E-state index is 12.3. The molecule has 5 heteroatoms. The molecule has 2 atom stereocenters. The van der Waals surface area contributed by atoms with Crippen LogP contribution in [0.2, 0.25) is 0 Å². The van der Waals surface area contributed by atoms with Crippen LogP contribution in [0.4, 0.5) is 0 Å². The lowest BCUT2D eigenvalue weighted by molar-refractivity contribution is -0.151. The molecule has 0 aliphatic heterocycles. The third-order valence-corrected chi connectivity index (χ3v) is 3.96. The highest BCUT2D eigenvalue weighted by atomic mass is 16.5. The lowest BCUT2D eigenvalue weighted by Gasteiger charge is -2.35. The van der Waals surface area contributed by atoms with Crippen molar-refractivity contribution in [1.29, 1.82) is 0 Å². The summed E-state index contributed by atoms with van der Waals surface area (Å²) in [5.74, 6) is 0.144. The van der Waals surface area contributed by atoms with E-state index in [-0.39, 0.29) is 17.9 Å². The quantitative estimate of drug-likeness (QED) is 0.517. The molecular formula is C15H29NO4. The van der Waals surface area contributed by atoms with Crippen molar-refractivity contribution in [3.8, 4) is 0 Å². The van der Waals surface area contributed by atoms with Crippen LogP contribution in [0.5, 0.6) is 0 Å². The molecule has 20 heavy (non-hydrogen) atoms. The first-order valence-corrected chi connectivity index (χ1v) is 7.49. The molecule has 0 saturated heterocycles. The second-order valence-electron chi connectivity index (χ2n) is 5.74. The van der Waals surface area contributed by atoms with Gasteiger partial charge in [-0.1, -0.05) is 6.42 Å². The van der Waals surface area contributed by atoms with Crippen molar-refractivity contribution in [3.63, 3.8) is 0 Å². The molecule has 118 valence electrons. The summed E-state index contributed by atoms with van der Waals surface area (Å²) >= 11 is 0. The molecule has 1 fully saturated rings. The average Bonchev–Trinajstić information content (AvgIpc) is 2.81. The fraction of sp³-hybridized carbons (Fsp3) is 0.933. The Hall–Kier alpha value is -0.650. The zero-order valence-electron chi connectivity index (χ0n) is 13.2. The van der Waals surface area contributed by atoms with Gasteiger partial charge in [0.1, 0.15) is 5.54 Å². The summed E-state index contributed by atoms with van der Waals surface area (Å²) in [4.78, 5) is 12.3. The van der Waals surface area contributed by atoms with E-state index in [0.29, 0.717) is 19.8 Å². The van der Waals surface area contributed by atoms with Gasteiger partial charge >= 0.3 is 5.97 Å². The summed E-state index contributed by atoms with van der Waals surface area (Å²) in [6.45, 7) is 6.00. The SMILES string of the molecule is COCCOCCC1CCCC1(NC(C)C)C(=O)OC. The number of carbonyl (C=O) groups excluding carboxylic acids is 1. The van der Waals surface area contributed by atoms with Crippen LogP contribution in [0.25, 0.3) is 0 Å². The van der Waals surface area contributed by atoms with Crippen LogP contribution in [0.1, 0.15) is 39.5 Å². The van der Waals surface area contributed by atoms with Crippen LogP contribution in [0, 0.1) is 5.92 Å². The number of nitrogens with one attached hydrogen (secondary N) is 1. The van der Waals surface area contributed by atoms with Gasteiger partial charge in [-0.2, -0.15) is 0 Å². The monoisotopic (exact) mass is 287 g/mol. The lowest BCUT2D eigenvalue weighted by atomic mass is 9.84. The predicted octanol–water partition coefficient (Wildman–Crippen LogP) is 1.75. The van der Waals surface area contributed by atoms with E-state index in [9.17, 15) is 4.79 Å². The van der Waals surface area contributed by atoms with Gasteiger partial charge in [0.25, 0.3) is 0 Å². The molecule has 2 unspecified atom stereocenters.